The van der Waals surface area contributed by atoms with E-state index in [0.29, 0.717) is 11.8 Å². The van der Waals surface area contributed by atoms with Gasteiger partial charge in [-0.15, -0.1) is 0 Å². The molecule has 9 heteroatoms. The van der Waals surface area contributed by atoms with Crippen LogP contribution in [0.1, 0.15) is 23.7 Å². The lowest BCUT2D eigenvalue weighted by atomic mass is 10.0. The maximum absolute atomic E-state index is 12.3. The molecule has 1 fully saturated rings. The van der Waals surface area contributed by atoms with Crippen molar-refractivity contribution in [3.8, 4) is 11.5 Å². The first kappa shape index (κ1) is 19.0. The van der Waals surface area contributed by atoms with E-state index in [2.05, 4.69) is 5.32 Å². The Hall–Kier alpha value is -2.81. The minimum absolute atomic E-state index is 0.0103. The third kappa shape index (κ3) is 3.97. The number of rotatable bonds is 4. The highest BCUT2D eigenvalue weighted by Gasteiger charge is 2.31. The molecule has 0 radical (unpaired) electrons. The van der Waals surface area contributed by atoms with E-state index >= 15 is 0 Å². The van der Waals surface area contributed by atoms with E-state index in [-0.39, 0.29) is 34.0 Å². The molecule has 2 atom stereocenters. The number of benzene rings is 2. The number of carbonyl (C=O) groups is 2. The van der Waals surface area contributed by atoms with Crippen molar-refractivity contribution in [2.45, 2.75) is 25.5 Å². The Morgan fingerprint density at radius 3 is 2.52 bits per heavy atom. The first-order valence-electron chi connectivity index (χ1n) is 8.33. The minimum atomic E-state index is -3.15. The lowest BCUT2D eigenvalue weighted by Crippen LogP contribution is -2.42. The van der Waals surface area contributed by atoms with E-state index < -0.39 is 33.9 Å². The van der Waals surface area contributed by atoms with Crippen molar-refractivity contribution in [3.05, 3.63) is 35.9 Å². The van der Waals surface area contributed by atoms with E-state index in [1.165, 1.54) is 13.0 Å². The zero-order chi connectivity index (χ0) is 19.8. The lowest BCUT2D eigenvalue weighted by molar-refractivity contribution is -0.129. The van der Waals surface area contributed by atoms with Crippen LogP contribution in [0.15, 0.2) is 30.3 Å². The Kier molecular flexibility index (Phi) is 4.97. The molecule has 0 saturated carbocycles. The molecule has 0 bridgehead atoms. The van der Waals surface area contributed by atoms with Gasteiger partial charge in [0.25, 0.3) is 5.91 Å². The number of amides is 1. The summed E-state index contributed by atoms with van der Waals surface area (Å²) in [6, 6.07) is 7.01. The van der Waals surface area contributed by atoms with Crippen LogP contribution in [0.3, 0.4) is 0 Å². The first-order valence-corrected chi connectivity index (χ1v) is 10.2. The SMILES string of the molecule is C[C@@H](OC(=O)c1cc(O)c2ccccc2c1O)C(=O)N[C@@H]1CCS(=O)(=O)C1. The summed E-state index contributed by atoms with van der Waals surface area (Å²) in [5.74, 6) is -2.30. The molecule has 144 valence electrons. The Balaban J connectivity index is 1.72. The van der Waals surface area contributed by atoms with Gasteiger partial charge in [0, 0.05) is 16.8 Å². The molecule has 0 unspecified atom stereocenters. The van der Waals surface area contributed by atoms with E-state index in [0.717, 1.165) is 6.07 Å². The van der Waals surface area contributed by atoms with Crippen LogP contribution in [-0.4, -0.2) is 54.2 Å². The number of sulfone groups is 1. The normalized spacial score (nSPS) is 19.5. The molecule has 3 rings (SSSR count). The van der Waals surface area contributed by atoms with Gasteiger partial charge in [0.05, 0.1) is 11.5 Å². The van der Waals surface area contributed by atoms with Gasteiger partial charge in [-0.1, -0.05) is 24.3 Å². The predicted molar refractivity (Wildman–Crippen MR) is 97.4 cm³/mol. The molecule has 1 heterocycles. The zero-order valence-electron chi connectivity index (χ0n) is 14.5. The molecule has 2 aromatic rings. The number of carbonyl (C=O) groups excluding carboxylic acids is 2. The molecule has 3 N–H and O–H groups in total. The van der Waals surface area contributed by atoms with Crippen molar-refractivity contribution in [3.63, 3.8) is 0 Å². The second kappa shape index (κ2) is 7.07. The van der Waals surface area contributed by atoms with Crippen LogP contribution in [0.2, 0.25) is 0 Å². The number of phenolic OH excluding ortho intramolecular Hbond substituents is 2. The average Bonchev–Trinajstić information content (AvgIpc) is 2.96. The molecule has 1 aliphatic rings. The van der Waals surface area contributed by atoms with Crippen LogP contribution in [0, 0.1) is 0 Å². The fourth-order valence-electron chi connectivity index (χ4n) is 3.00. The van der Waals surface area contributed by atoms with Crippen molar-refractivity contribution in [1.29, 1.82) is 0 Å². The summed E-state index contributed by atoms with van der Waals surface area (Å²) in [6.45, 7) is 1.34. The molecule has 27 heavy (non-hydrogen) atoms. The highest BCUT2D eigenvalue weighted by atomic mass is 32.2. The molecule has 0 aliphatic carbocycles. The summed E-state index contributed by atoms with van der Waals surface area (Å²) in [4.78, 5) is 24.5. The monoisotopic (exact) mass is 393 g/mol. The second-order valence-corrected chi connectivity index (χ2v) is 8.72. The van der Waals surface area contributed by atoms with Crippen LogP contribution < -0.4 is 5.32 Å². The van der Waals surface area contributed by atoms with Crippen molar-refractivity contribution in [1.82, 2.24) is 5.32 Å². The van der Waals surface area contributed by atoms with Crippen LogP contribution in [0.4, 0.5) is 0 Å². The van der Waals surface area contributed by atoms with Crippen LogP contribution in [-0.2, 0) is 19.4 Å². The van der Waals surface area contributed by atoms with Crippen molar-refractivity contribution in [2.75, 3.05) is 11.5 Å². The van der Waals surface area contributed by atoms with E-state index in [1.54, 1.807) is 18.2 Å². The molecule has 1 saturated heterocycles. The quantitative estimate of drug-likeness (QED) is 0.524. The summed E-state index contributed by atoms with van der Waals surface area (Å²) in [6.07, 6.45) is -0.887. The standard InChI is InChI=1S/C18H19NO7S/c1-10(17(22)19-11-6-7-27(24,25)9-11)26-18(23)14-8-15(20)12-4-2-3-5-13(12)16(14)21/h2-5,8,10-11,20-21H,6-7,9H2,1H3,(H,19,22)/t10-,11-/m1/s1. The summed E-state index contributed by atoms with van der Waals surface area (Å²) < 4.78 is 28.0. The van der Waals surface area contributed by atoms with Crippen molar-refractivity contribution < 1.29 is 33.0 Å². The molecule has 1 aliphatic heterocycles. The average molecular weight is 393 g/mol. The largest absolute Gasteiger partial charge is 0.507 e. The van der Waals surface area contributed by atoms with E-state index in [4.69, 9.17) is 4.74 Å². The smallest absolute Gasteiger partial charge is 0.342 e. The van der Waals surface area contributed by atoms with Gasteiger partial charge in [-0.25, -0.2) is 13.2 Å². The predicted octanol–water partition coefficient (Wildman–Crippen LogP) is 1.10. The summed E-state index contributed by atoms with van der Waals surface area (Å²) >= 11 is 0. The number of hydrogen-bond acceptors (Lipinski definition) is 7. The molecular formula is C18H19NO7S. The van der Waals surface area contributed by atoms with Gasteiger partial charge in [-0.3, -0.25) is 4.79 Å². The first-order chi connectivity index (χ1) is 12.7. The molecule has 0 spiro atoms. The number of esters is 1. The summed E-state index contributed by atoms with van der Waals surface area (Å²) in [5, 5.41) is 23.5. The van der Waals surface area contributed by atoms with Gasteiger partial charge < -0.3 is 20.3 Å². The minimum Gasteiger partial charge on any atom is -0.507 e. The van der Waals surface area contributed by atoms with Crippen LogP contribution in [0.25, 0.3) is 10.8 Å². The van der Waals surface area contributed by atoms with Crippen molar-refractivity contribution >= 4 is 32.5 Å². The molecule has 2 aromatic carbocycles. The Bertz CT molecular complexity index is 1020. The second-order valence-electron chi connectivity index (χ2n) is 6.49. The maximum Gasteiger partial charge on any atom is 0.342 e. The fourth-order valence-corrected chi connectivity index (χ4v) is 4.67. The molecule has 8 nitrogen and oxygen atoms in total. The highest BCUT2D eigenvalue weighted by molar-refractivity contribution is 7.91. The number of phenols is 2. The molecular weight excluding hydrogens is 374 g/mol. The number of ether oxygens (including phenoxy) is 1. The molecule has 0 aromatic heterocycles. The summed E-state index contributed by atoms with van der Waals surface area (Å²) in [5.41, 5.74) is -0.269. The fraction of sp³-hybridized carbons (Fsp3) is 0.333. The van der Waals surface area contributed by atoms with Gasteiger partial charge in [0.15, 0.2) is 15.9 Å². The van der Waals surface area contributed by atoms with Gasteiger partial charge in [0.2, 0.25) is 0 Å². The zero-order valence-corrected chi connectivity index (χ0v) is 15.3. The Labute approximate surface area is 155 Å². The van der Waals surface area contributed by atoms with E-state index in [9.17, 15) is 28.2 Å². The number of aromatic hydroxyl groups is 2. The lowest BCUT2D eigenvalue weighted by Gasteiger charge is -2.17. The van der Waals surface area contributed by atoms with Gasteiger partial charge in [-0.05, 0) is 19.4 Å². The highest BCUT2D eigenvalue weighted by Crippen LogP contribution is 2.35. The van der Waals surface area contributed by atoms with Gasteiger partial charge in [0.1, 0.15) is 17.1 Å². The molecule has 1 amide bonds. The number of nitrogens with one attached hydrogen (secondary N) is 1. The third-order valence-corrected chi connectivity index (χ3v) is 6.21. The number of hydrogen-bond donors (Lipinski definition) is 3. The van der Waals surface area contributed by atoms with Gasteiger partial charge >= 0.3 is 5.97 Å². The Morgan fingerprint density at radius 2 is 1.89 bits per heavy atom. The Morgan fingerprint density at radius 1 is 1.22 bits per heavy atom. The maximum atomic E-state index is 12.3. The van der Waals surface area contributed by atoms with Crippen LogP contribution in [0.5, 0.6) is 11.5 Å². The topological polar surface area (TPSA) is 130 Å². The van der Waals surface area contributed by atoms with Gasteiger partial charge in [-0.2, -0.15) is 0 Å². The third-order valence-electron chi connectivity index (χ3n) is 4.45. The van der Waals surface area contributed by atoms with Crippen molar-refractivity contribution in [2.24, 2.45) is 0 Å². The number of fused-ring (bicyclic) bond motifs is 1. The van der Waals surface area contributed by atoms with E-state index in [1.807, 2.05) is 0 Å². The van der Waals surface area contributed by atoms with Crippen LogP contribution >= 0.6 is 0 Å². The summed E-state index contributed by atoms with van der Waals surface area (Å²) in [7, 11) is -3.15.